The Morgan fingerprint density at radius 3 is 2.25 bits per heavy atom. The molecule has 24 heavy (non-hydrogen) atoms. The van der Waals surface area contributed by atoms with Crippen LogP contribution in [0.1, 0.15) is 5.56 Å². The third-order valence-corrected chi connectivity index (χ3v) is 3.33. The second kappa shape index (κ2) is 8.39. The summed E-state index contributed by atoms with van der Waals surface area (Å²) in [5.74, 6) is 0.480. The van der Waals surface area contributed by atoms with Crippen molar-refractivity contribution in [3.05, 3.63) is 48.0 Å². The molecule has 0 unspecified atom stereocenters. The monoisotopic (exact) mass is 440 g/mol. The molecule has 3 amide bonds. The van der Waals surface area contributed by atoms with E-state index in [9.17, 15) is 9.59 Å². The lowest BCUT2D eigenvalue weighted by Crippen LogP contribution is -2.24. The van der Waals surface area contributed by atoms with Gasteiger partial charge < -0.3 is 15.4 Å². The zero-order valence-corrected chi connectivity index (χ0v) is 15.3. The van der Waals surface area contributed by atoms with Crippen LogP contribution in [0.2, 0.25) is 0 Å². The Kier molecular flexibility index (Phi) is 6.24. The highest BCUT2D eigenvalue weighted by molar-refractivity contribution is 14.1. The predicted molar refractivity (Wildman–Crippen MR) is 103 cm³/mol. The highest BCUT2D eigenvalue weighted by Crippen LogP contribution is 2.27. The van der Waals surface area contributed by atoms with E-state index >= 15 is 0 Å². The van der Waals surface area contributed by atoms with Gasteiger partial charge in [-0.1, -0.05) is 17.7 Å². The van der Waals surface area contributed by atoms with Gasteiger partial charge in [-0.3, -0.25) is 15.6 Å². The molecule has 2 aromatic rings. The zero-order chi connectivity index (χ0) is 17.5. The summed E-state index contributed by atoms with van der Waals surface area (Å²) in [5, 5.41) is 5.47. The lowest BCUT2D eigenvalue weighted by atomic mass is 10.2. The number of methoxy groups -OCH3 is 1. The number of amides is 3. The summed E-state index contributed by atoms with van der Waals surface area (Å²) in [7, 11) is 1.50. The van der Waals surface area contributed by atoms with Crippen LogP contribution in [-0.4, -0.2) is 17.1 Å². The molecule has 0 saturated heterocycles. The maximum absolute atomic E-state index is 12.0. The van der Waals surface area contributed by atoms with E-state index in [1.165, 1.54) is 7.11 Å². The molecule has 0 aromatic heterocycles. The molecule has 2 aromatic carbocycles. The molecular weight excluding hydrogens is 423 g/mol. The number of urea groups is 1. The molecule has 0 fully saturated rings. The number of carbonyl (C=O) groups excluding carboxylic acids is 2. The van der Waals surface area contributed by atoms with Crippen LogP contribution in [0.4, 0.5) is 26.7 Å². The summed E-state index contributed by atoms with van der Waals surface area (Å²) in [6.45, 7) is 1.98. The number of carbonyl (C=O) groups is 2. The smallest absolute Gasteiger partial charge is 0.323 e. The van der Waals surface area contributed by atoms with Crippen molar-refractivity contribution in [1.29, 1.82) is 0 Å². The molecule has 0 aliphatic carbocycles. The van der Waals surface area contributed by atoms with Gasteiger partial charge in [0.15, 0.2) is 0 Å². The van der Waals surface area contributed by atoms with Crippen LogP contribution in [0.3, 0.4) is 0 Å². The molecule has 7 nitrogen and oxygen atoms in total. The van der Waals surface area contributed by atoms with Gasteiger partial charge in [-0.15, -0.1) is 0 Å². The molecule has 0 aliphatic heterocycles. The van der Waals surface area contributed by atoms with Gasteiger partial charge in [-0.25, -0.2) is 4.79 Å². The largest absolute Gasteiger partial charge is 0.494 e. The number of hydrazine groups is 1. The number of ether oxygens (including phenoxy) is 1. The first kappa shape index (κ1) is 17.9. The van der Waals surface area contributed by atoms with Crippen molar-refractivity contribution in [2.24, 2.45) is 0 Å². The standard InChI is InChI=1S/C16H17IN4O3/c1-10-3-5-11(6-4-10)18-16(23)19-12-7-8-13(14(9-12)24-2)20-21-15(17)22/h3-9,20H,1-2H3,(H,21,22)(H2,18,19,23). The van der Waals surface area contributed by atoms with Crippen LogP contribution in [0, 0.1) is 6.92 Å². The van der Waals surface area contributed by atoms with E-state index < -0.39 is 0 Å². The van der Waals surface area contributed by atoms with Gasteiger partial charge in [-0.05, 0) is 31.2 Å². The van der Waals surface area contributed by atoms with Crippen LogP contribution >= 0.6 is 22.6 Å². The average Bonchev–Trinajstić information content (AvgIpc) is 2.55. The van der Waals surface area contributed by atoms with Gasteiger partial charge in [0.25, 0.3) is 3.91 Å². The molecule has 8 heteroatoms. The molecule has 4 N–H and O–H groups in total. The Labute approximate surface area is 153 Å². The second-order valence-corrected chi connectivity index (χ2v) is 5.86. The maximum atomic E-state index is 12.0. The first-order valence-corrected chi connectivity index (χ1v) is 8.10. The minimum Gasteiger partial charge on any atom is -0.494 e. The van der Waals surface area contributed by atoms with Crippen molar-refractivity contribution in [1.82, 2.24) is 5.43 Å². The molecule has 0 bridgehead atoms. The topological polar surface area (TPSA) is 91.5 Å². The van der Waals surface area contributed by atoms with E-state index in [0.29, 0.717) is 22.8 Å². The summed E-state index contributed by atoms with van der Waals surface area (Å²) in [4.78, 5) is 23.0. The van der Waals surface area contributed by atoms with Crippen LogP contribution in [0.5, 0.6) is 5.75 Å². The number of rotatable bonds is 5. The van der Waals surface area contributed by atoms with Crippen LogP contribution in [0.25, 0.3) is 0 Å². The zero-order valence-electron chi connectivity index (χ0n) is 13.1. The van der Waals surface area contributed by atoms with Crippen LogP contribution in [0.15, 0.2) is 42.5 Å². The van der Waals surface area contributed by atoms with Gasteiger partial charge in [-0.2, -0.15) is 0 Å². The minimum absolute atomic E-state index is 0.255. The third kappa shape index (κ3) is 5.30. The third-order valence-electron chi connectivity index (χ3n) is 3.06. The highest BCUT2D eigenvalue weighted by Gasteiger charge is 2.08. The Bertz CT molecular complexity index is 735. The number of nitrogens with one attached hydrogen (secondary N) is 4. The number of hydrogen-bond acceptors (Lipinski definition) is 4. The highest BCUT2D eigenvalue weighted by atomic mass is 127. The van der Waals surface area contributed by atoms with Gasteiger partial charge in [0.1, 0.15) is 5.75 Å². The summed E-state index contributed by atoms with van der Waals surface area (Å²) in [5.41, 5.74) is 8.13. The summed E-state index contributed by atoms with van der Waals surface area (Å²) < 4.78 is 4.99. The van der Waals surface area contributed by atoms with Gasteiger partial charge in [0, 0.05) is 40.0 Å². The fourth-order valence-corrected chi connectivity index (χ4v) is 2.05. The quantitative estimate of drug-likeness (QED) is 0.244. The van der Waals surface area contributed by atoms with E-state index in [1.54, 1.807) is 40.8 Å². The van der Waals surface area contributed by atoms with Crippen molar-refractivity contribution in [2.45, 2.75) is 6.92 Å². The second-order valence-electron chi connectivity index (χ2n) is 4.88. The molecule has 0 atom stereocenters. The van der Waals surface area contributed by atoms with Gasteiger partial charge in [0.05, 0.1) is 12.8 Å². The van der Waals surface area contributed by atoms with E-state index in [1.807, 2.05) is 31.2 Å². The fourth-order valence-electron chi connectivity index (χ4n) is 1.92. The van der Waals surface area contributed by atoms with Gasteiger partial charge in [0.2, 0.25) is 0 Å². The summed E-state index contributed by atoms with van der Waals surface area (Å²) in [6, 6.07) is 12.2. The van der Waals surface area contributed by atoms with Crippen molar-refractivity contribution < 1.29 is 14.3 Å². The molecule has 126 valence electrons. The Morgan fingerprint density at radius 1 is 1.00 bits per heavy atom. The number of benzene rings is 2. The average molecular weight is 440 g/mol. The molecule has 0 aliphatic rings. The van der Waals surface area contributed by atoms with Crippen molar-refractivity contribution in [3.63, 3.8) is 0 Å². The first-order valence-electron chi connectivity index (χ1n) is 7.02. The molecule has 0 saturated carbocycles. The Balaban J connectivity index is 2.02. The summed E-state index contributed by atoms with van der Waals surface area (Å²) in [6.07, 6.45) is 0. The molecule has 0 spiro atoms. The number of hydrogen-bond donors (Lipinski definition) is 4. The lowest BCUT2D eigenvalue weighted by molar-refractivity contribution is 0.262. The lowest BCUT2D eigenvalue weighted by Gasteiger charge is -2.13. The van der Waals surface area contributed by atoms with Crippen molar-refractivity contribution in [2.75, 3.05) is 23.2 Å². The number of halogens is 1. The molecular formula is C16H17IN4O3. The fraction of sp³-hybridized carbons (Fsp3) is 0.125. The van der Waals surface area contributed by atoms with Crippen molar-refractivity contribution in [3.8, 4) is 5.75 Å². The van der Waals surface area contributed by atoms with Crippen LogP contribution < -0.4 is 26.2 Å². The summed E-state index contributed by atoms with van der Waals surface area (Å²) >= 11 is 1.61. The van der Waals surface area contributed by atoms with Crippen LogP contribution in [-0.2, 0) is 0 Å². The molecule has 2 rings (SSSR count). The maximum Gasteiger partial charge on any atom is 0.323 e. The molecule has 0 heterocycles. The SMILES string of the molecule is COc1cc(NC(=O)Nc2ccc(C)cc2)ccc1NNC(=O)I. The number of anilines is 3. The van der Waals surface area contributed by atoms with E-state index in [-0.39, 0.29) is 9.95 Å². The Hall–Kier alpha value is -2.49. The predicted octanol–water partition coefficient (Wildman–Crippen LogP) is 4.12. The van der Waals surface area contributed by atoms with Gasteiger partial charge >= 0.3 is 6.03 Å². The first-order chi connectivity index (χ1) is 11.5. The van der Waals surface area contributed by atoms with E-state index in [0.717, 1.165) is 5.56 Å². The normalized spacial score (nSPS) is 9.79. The van der Waals surface area contributed by atoms with Crippen molar-refractivity contribution >= 4 is 49.6 Å². The Morgan fingerprint density at radius 2 is 1.62 bits per heavy atom. The van der Waals surface area contributed by atoms with E-state index in [2.05, 4.69) is 21.5 Å². The molecule has 0 radical (unpaired) electrons. The van der Waals surface area contributed by atoms with E-state index in [4.69, 9.17) is 4.74 Å². The number of aryl methyl sites for hydroxylation is 1. The minimum atomic E-state index is -0.359.